The normalized spacial score (nSPS) is 12.1. The largest absolute Gasteiger partial charge is 0.490 e. The molecule has 0 aromatic heterocycles. The summed E-state index contributed by atoms with van der Waals surface area (Å²) in [4.78, 5) is 25.7. The van der Waals surface area contributed by atoms with E-state index in [1.165, 1.54) is 18.4 Å². The molecule has 8 N–H and O–H groups in total. The summed E-state index contributed by atoms with van der Waals surface area (Å²) in [6.07, 6.45) is 3.83. The Morgan fingerprint density at radius 1 is 1.13 bits per heavy atom. The van der Waals surface area contributed by atoms with Crippen molar-refractivity contribution in [3.8, 4) is 11.5 Å². The first-order valence-electron chi connectivity index (χ1n) is 11.7. The average Bonchev–Trinajstić information content (AvgIpc) is 2.87. The molecule has 0 radical (unpaired) electrons. The lowest BCUT2D eigenvalue weighted by molar-refractivity contribution is -0.127. The van der Waals surface area contributed by atoms with Crippen LogP contribution in [0.2, 0.25) is 0 Å². The van der Waals surface area contributed by atoms with Crippen molar-refractivity contribution in [1.82, 2.24) is 10.9 Å². The maximum absolute atomic E-state index is 13.3. The minimum Gasteiger partial charge on any atom is -0.490 e. The number of nitrogens with two attached hydrogens (primary N) is 2. The van der Waals surface area contributed by atoms with Crippen LogP contribution in [0.4, 0.5) is 5.69 Å². The molecule has 0 aliphatic rings. The number of carbonyl (C=O) groups is 2. The molecule has 0 spiro atoms. The molecule has 11 heteroatoms. The Balaban J connectivity index is 2.35. The second kappa shape index (κ2) is 14.3. The summed E-state index contributed by atoms with van der Waals surface area (Å²) in [6.45, 7) is 9.68. The molecule has 0 saturated carbocycles. The molecule has 2 amide bonds. The van der Waals surface area contributed by atoms with E-state index in [-0.39, 0.29) is 22.5 Å². The molecular formula is C27H33ClN6O4. The van der Waals surface area contributed by atoms with Crippen LogP contribution >= 0.6 is 11.6 Å². The third-order valence-electron chi connectivity index (χ3n) is 4.89. The summed E-state index contributed by atoms with van der Waals surface area (Å²) < 4.78 is 11.6. The SMILES string of the molecule is C=C(/C=C(Cl)\C=C/N)C(=O)NNC(=O)C(Nc1ccc(C(=N)N)cc1)c1ccc(OC(C)C)c(OCC)c1. The van der Waals surface area contributed by atoms with E-state index in [0.717, 1.165) is 0 Å². The lowest BCUT2D eigenvalue weighted by atomic mass is 10.0. The molecule has 202 valence electrons. The quantitative estimate of drug-likeness (QED) is 0.0786. The van der Waals surface area contributed by atoms with Gasteiger partial charge in [-0.15, -0.1) is 0 Å². The Bertz CT molecular complexity index is 1220. The van der Waals surface area contributed by atoms with Gasteiger partial charge in [0.05, 0.1) is 12.7 Å². The van der Waals surface area contributed by atoms with Gasteiger partial charge in [-0.3, -0.25) is 25.8 Å². The average molecular weight is 541 g/mol. The molecule has 10 nitrogen and oxygen atoms in total. The van der Waals surface area contributed by atoms with Crippen molar-refractivity contribution in [3.63, 3.8) is 0 Å². The molecule has 0 aliphatic heterocycles. The van der Waals surface area contributed by atoms with E-state index < -0.39 is 17.9 Å². The van der Waals surface area contributed by atoms with E-state index in [0.29, 0.717) is 34.9 Å². The van der Waals surface area contributed by atoms with Crippen LogP contribution in [0.1, 0.15) is 37.9 Å². The number of hydrogen-bond acceptors (Lipinski definition) is 7. The van der Waals surface area contributed by atoms with Gasteiger partial charge in [-0.1, -0.05) is 24.2 Å². The van der Waals surface area contributed by atoms with Crippen LogP contribution in [0, 0.1) is 5.41 Å². The van der Waals surface area contributed by atoms with Crippen molar-refractivity contribution < 1.29 is 19.1 Å². The van der Waals surface area contributed by atoms with E-state index >= 15 is 0 Å². The topological polar surface area (TPSA) is 165 Å². The second-order valence-electron chi connectivity index (χ2n) is 8.23. The number of hydrogen-bond donors (Lipinski definition) is 6. The first-order valence-corrected chi connectivity index (χ1v) is 12.1. The number of benzene rings is 2. The summed E-state index contributed by atoms with van der Waals surface area (Å²) in [7, 11) is 0. The van der Waals surface area contributed by atoms with Crippen molar-refractivity contribution in [3.05, 3.63) is 89.1 Å². The lowest BCUT2D eigenvalue weighted by Gasteiger charge is -2.22. The summed E-state index contributed by atoms with van der Waals surface area (Å²) in [6, 6.07) is 10.9. The Morgan fingerprint density at radius 3 is 2.39 bits per heavy atom. The van der Waals surface area contributed by atoms with E-state index in [1.54, 1.807) is 42.5 Å². The van der Waals surface area contributed by atoms with Crippen LogP contribution in [0.5, 0.6) is 11.5 Å². The monoisotopic (exact) mass is 540 g/mol. The molecule has 2 rings (SSSR count). The van der Waals surface area contributed by atoms with Gasteiger partial charge in [-0.2, -0.15) is 0 Å². The third kappa shape index (κ3) is 8.90. The Morgan fingerprint density at radius 2 is 1.82 bits per heavy atom. The van der Waals surface area contributed by atoms with Gasteiger partial charge in [0.1, 0.15) is 11.9 Å². The molecule has 0 aliphatic carbocycles. The highest BCUT2D eigenvalue weighted by molar-refractivity contribution is 6.31. The number of halogens is 1. The zero-order valence-corrected chi connectivity index (χ0v) is 22.3. The first-order chi connectivity index (χ1) is 18.0. The van der Waals surface area contributed by atoms with Gasteiger partial charge in [0.25, 0.3) is 11.8 Å². The summed E-state index contributed by atoms with van der Waals surface area (Å²) in [5.41, 5.74) is 17.2. The van der Waals surface area contributed by atoms with Crippen molar-refractivity contribution in [2.24, 2.45) is 11.5 Å². The van der Waals surface area contributed by atoms with Gasteiger partial charge in [0.2, 0.25) is 0 Å². The van der Waals surface area contributed by atoms with Gasteiger partial charge in [-0.05, 0) is 81.1 Å². The van der Waals surface area contributed by atoms with Crippen LogP contribution in [0.3, 0.4) is 0 Å². The van der Waals surface area contributed by atoms with Crippen LogP contribution in [0.25, 0.3) is 0 Å². The minimum absolute atomic E-state index is 0.00606. The molecule has 1 atom stereocenters. The Labute approximate surface area is 227 Å². The Kier molecular flexibility index (Phi) is 11.2. The Hall–Kier alpha value is -4.44. The molecular weight excluding hydrogens is 508 g/mol. The number of amidine groups is 1. The first kappa shape index (κ1) is 29.8. The second-order valence-corrected chi connectivity index (χ2v) is 8.67. The summed E-state index contributed by atoms with van der Waals surface area (Å²) in [5.74, 6) is -0.307. The molecule has 0 bridgehead atoms. The number of rotatable bonds is 12. The summed E-state index contributed by atoms with van der Waals surface area (Å²) >= 11 is 5.93. The van der Waals surface area contributed by atoms with Crippen molar-refractivity contribution >= 4 is 34.9 Å². The minimum atomic E-state index is -0.960. The number of amides is 2. The van der Waals surface area contributed by atoms with Gasteiger partial charge in [0, 0.05) is 21.9 Å². The molecule has 2 aromatic carbocycles. The highest BCUT2D eigenvalue weighted by Gasteiger charge is 2.23. The fourth-order valence-corrected chi connectivity index (χ4v) is 3.38. The smallest absolute Gasteiger partial charge is 0.269 e. The number of nitrogens with one attached hydrogen (secondary N) is 4. The number of hydrazine groups is 1. The predicted molar refractivity (Wildman–Crippen MR) is 150 cm³/mol. The third-order valence-corrected chi connectivity index (χ3v) is 5.13. The molecule has 38 heavy (non-hydrogen) atoms. The fourth-order valence-electron chi connectivity index (χ4n) is 3.18. The van der Waals surface area contributed by atoms with Gasteiger partial charge in [-0.25, -0.2) is 0 Å². The molecule has 0 heterocycles. The van der Waals surface area contributed by atoms with Crippen molar-refractivity contribution in [2.45, 2.75) is 32.9 Å². The van der Waals surface area contributed by atoms with Gasteiger partial charge >= 0.3 is 0 Å². The maximum Gasteiger partial charge on any atom is 0.269 e. The van der Waals surface area contributed by atoms with E-state index in [4.69, 9.17) is 38.0 Å². The van der Waals surface area contributed by atoms with Crippen molar-refractivity contribution in [1.29, 1.82) is 5.41 Å². The predicted octanol–water partition coefficient (Wildman–Crippen LogP) is 3.61. The highest BCUT2D eigenvalue weighted by atomic mass is 35.5. The van der Waals surface area contributed by atoms with Crippen LogP contribution < -0.4 is 37.1 Å². The van der Waals surface area contributed by atoms with E-state index in [1.807, 2.05) is 20.8 Å². The molecule has 1 unspecified atom stereocenters. The van der Waals surface area contributed by atoms with E-state index in [2.05, 4.69) is 22.7 Å². The van der Waals surface area contributed by atoms with Gasteiger partial charge < -0.3 is 26.3 Å². The highest BCUT2D eigenvalue weighted by Crippen LogP contribution is 2.33. The molecule has 0 saturated heterocycles. The standard InChI is InChI=1S/C27H33ClN6O4/c1-5-37-23-15-19(8-11-22(23)38-16(2)3)24(32-21-9-6-18(7-10-21)25(30)31)27(36)34-33-26(35)17(4)14-20(28)12-13-29/h6-16,24,32H,4-5,29H2,1-3H3,(H3,30,31)(H,33,35)(H,34,36)/b13-12-,20-14+. The van der Waals surface area contributed by atoms with Crippen LogP contribution in [0.15, 0.2) is 78.0 Å². The van der Waals surface area contributed by atoms with Gasteiger partial charge in [0.15, 0.2) is 11.5 Å². The lowest BCUT2D eigenvalue weighted by Crippen LogP contribution is -2.45. The molecule has 0 fully saturated rings. The number of nitrogen functional groups attached to an aromatic ring is 1. The number of carbonyl (C=O) groups excluding carboxylic acids is 2. The van der Waals surface area contributed by atoms with E-state index in [9.17, 15) is 9.59 Å². The van der Waals surface area contributed by atoms with Crippen molar-refractivity contribution in [2.75, 3.05) is 11.9 Å². The zero-order chi connectivity index (χ0) is 28.2. The fraction of sp³-hybridized carbons (Fsp3) is 0.222. The van der Waals surface area contributed by atoms with Crippen LogP contribution in [-0.4, -0.2) is 30.4 Å². The number of anilines is 1. The zero-order valence-electron chi connectivity index (χ0n) is 21.5. The van der Waals surface area contributed by atoms with Crippen LogP contribution in [-0.2, 0) is 9.59 Å². The number of ether oxygens (including phenoxy) is 2. The maximum atomic E-state index is 13.3. The summed E-state index contributed by atoms with van der Waals surface area (Å²) in [5, 5.41) is 10.9. The number of allylic oxidation sites excluding steroid dienone is 2. The molecule has 2 aromatic rings.